The van der Waals surface area contributed by atoms with Crippen LogP contribution in [0.4, 0.5) is 0 Å². The molecular weight excluding hydrogens is 314 g/mol. The maximum Gasteiger partial charge on any atom is 0.261 e. The zero-order valence-corrected chi connectivity index (χ0v) is 13.8. The lowest BCUT2D eigenvalue weighted by molar-refractivity contribution is -0.123. The first-order chi connectivity index (χ1) is 11.0. The molecule has 1 aromatic carbocycles. The fourth-order valence-corrected chi connectivity index (χ4v) is 3.35. The number of hydrogen-bond acceptors (Lipinski definition) is 3. The lowest BCUT2D eigenvalue weighted by Crippen LogP contribution is -2.43. The Bertz CT molecular complexity index is 787. The minimum Gasteiger partial charge on any atom is -0.352 e. The quantitative estimate of drug-likeness (QED) is 0.939. The molecule has 0 unspecified atom stereocenters. The second-order valence-corrected chi connectivity index (χ2v) is 6.71. The molecule has 1 amide bonds. The molecule has 0 spiro atoms. The van der Waals surface area contributed by atoms with Crippen LogP contribution in [0.1, 0.15) is 32.6 Å². The predicted molar refractivity (Wildman–Crippen MR) is 90.6 cm³/mol. The number of amides is 1. The topological polar surface area (TPSA) is 64.0 Å². The number of nitrogens with one attached hydrogen (secondary N) is 1. The lowest BCUT2D eigenvalue weighted by atomic mass is 9.86. The van der Waals surface area contributed by atoms with Crippen molar-refractivity contribution in [2.24, 2.45) is 5.92 Å². The van der Waals surface area contributed by atoms with E-state index in [1.165, 1.54) is 17.3 Å². The summed E-state index contributed by atoms with van der Waals surface area (Å²) in [6, 6.07) is 5.18. The zero-order chi connectivity index (χ0) is 16.4. The van der Waals surface area contributed by atoms with E-state index in [1.807, 2.05) is 0 Å². The van der Waals surface area contributed by atoms with Gasteiger partial charge in [-0.1, -0.05) is 31.4 Å². The van der Waals surface area contributed by atoms with Gasteiger partial charge in [0.15, 0.2) is 0 Å². The van der Waals surface area contributed by atoms with Crippen molar-refractivity contribution in [3.63, 3.8) is 0 Å². The van der Waals surface area contributed by atoms with E-state index in [9.17, 15) is 9.59 Å². The van der Waals surface area contributed by atoms with Gasteiger partial charge in [-0.25, -0.2) is 4.98 Å². The third-order valence-corrected chi connectivity index (χ3v) is 4.79. The monoisotopic (exact) mass is 333 g/mol. The number of nitrogens with zero attached hydrogens (tertiary/aromatic N) is 2. The number of fused-ring (bicyclic) bond motifs is 1. The van der Waals surface area contributed by atoms with Gasteiger partial charge in [-0.05, 0) is 37.0 Å². The predicted octanol–water partition coefficient (Wildman–Crippen LogP) is 2.74. The van der Waals surface area contributed by atoms with Gasteiger partial charge in [0.1, 0.15) is 6.54 Å². The van der Waals surface area contributed by atoms with E-state index in [-0.39, 0.29) is 24.1 Å². The third kappa shape index (κ3) is 3.55. The summed E-state index contributed by atoms with van der Waals surface area (Å²) in [5, 5.41) is 3.96. The highest BCUT2D eigenvalue weighted by Gasteiger charge is 2.23. The molecule has 122 valence electrons. The maximum atomic E-state index is 12.5. The molecule has 1 N–H and O–H groups in total. The van der Waals surface area contributed by atoms with Gasteiger partial charge in [-0.2, -0.15) is 0 Å². The fourth-order valence-electron chi connectivity index (χ4n) is 3.18. The Morgan fingerprint density at radius 3 is 2.96 bits per heavy atom. The summed E-state index contributed by atoms with van der Waals surface area (Å²) in [5.41, 5.74) is 0.335. The molecule has 1 aliphatic rings. The van der Waals surface area contributed by atoms with Gasteiger partial charge in [-0.15, -0.1) is 0 Å². The first-order valence-electron chi connectivity index (χ1n) is 7.98. The molecule has 23 heavy (non-hydrogen) atoms. The van der Waals surface area contributed by atoms with Crippen molar-refractivity contribution < 1.29 is 4.79 Å². The molecule has 5 nitrogen and oxygen atoms in total. The van der Waals surface area contributed by atoms with Crippen LogP contribution >= 0.6 is 11.6 Å². The van der Waals surface area contributed by atoms with Crippen LogP contribution in [0.5, 0.6) is 0 Å². The highest BCUT2D eigenvalue weighted by atomic mass is 35.5. The molecule has 1 heterocycles. The van der Waals surface area contributed by atoms with Crippen molar-refractivity contribution in [3.05, 3.63) is 39.9 Å². The van der Waals surface area contributed by atoms with Crippen LogP contribution in [0, 0.1) is 5.92 Å². The second kappa shape index (κ2) is 6.71. The molecule has 0 aliphatic heterocycles. The summed E-state index contributed by atoms with van der Waals surface area (Å²) in [6.45, 7) is 2.15. The first kappa shape index (κ1) is 16.0. The summed E-state index contributed by atoms with van der Waals surface area (Å²) in [7, 11) is 0. The molecule has 0 saturated heterocycles. The van der Waals surface area contributed by atoms with Crippen LogP contribution in [0.3, 0.4) is 0 Å². The van der Waals surface area contributed by atoms with E-state index in [2.05, 4.69) is 17.2 Å². The van der Waals surface area contributed by atoms with Crippen molar-refractivity contribution in [2.75, 3.05) is 0 Å². The minimum absolute atomic E-state index is 0.0164. The Labute approximate surface area is 139 Å². The van der Waals surface area contributed by atoms with Gasteiger partial charge in [-0.3, -0.25) is 14.2 Å². The fraction of sp³-hybridized carbons (Fsp3) is 0.471. The summed E-state index contributed by atoms with van der Waals surface area (Å²) < 4.78 is 1.33. The summed E-state index contributed by atoms with van der Waals surface area (Å²) in [5.74, 6) is 0.340. The summed E-state index contributed by atoms with van der Waals surface area (Å²) in [6.07, 6.45) is 5.93. The molecule has 2 atom stereocenters. The number of halogens is 1. The number of rotatable bonds is 3. The normalized spacial score (nSPS) is 21.3. The average molecular weight is 334 g/mol. The van der Waals surface area contributed by atoms with Gasteiger partial charge < -0.3 is 5.32 Å². The SMILES string of the molecule is C[C@H]1CCCC[C@@H]1NC(=O)Cn1cnc2ccc(Cl)cc2c1=O. The Hall–Kier alpha value is -1.88. The molecular formula is C17H20ClN3O2. The zero-order valence-electron chi connectivity index (χ0n) is 13.1. The van der Waals surface area contributed by atoms with Crippen LogP contribution in [0.2, 0.25) is 5.02 Å². The minimum atomic E-state index is -0.246. The maximum absolute atomic E-state index is 12.5. The first-order valence-corrected chi connectivity index (χ1v) is 8.36. The molecule has 6 heteroatoms. The van der Waals surface area contributed by atoms with Crippen LogP contribution < -0.4 is 10.9 Å². The van der Waals surface area contributed by atoms with Crippen molar-refractivity contribution in [1.29, 1.82) is 0 Å². The van der Waals surface area contributed by atoms with Gasteiger partial charge in [0.05, 0.1) is 17.2 Å². The molecule has 1 fully saturated rings. The average Bonchev–Trinajstić information content (AvgIpc) is 2.53. The van der Waals surface area contributed by atoms with Gasteiger partial charge in [0.2, 0.25) is 5.91 Å². The highest BCUT2D eigenvalue weighted by Crippen LogP contribution is 2.23. The van der Waals surface area contributed by atoms with E-state index in [4.69, 9.17) is 11.6 Å². The van der Waals surface area contributed by atoms with E-state index < -0.39 is 0 Å². The molecule has 3 rings (SSSR count). The van der Waals surface area contributed by atoms with Crippen LogP contribution in [0.15, 0.2) is 29.3 Å². The molecule has 0 bridgehead atoms. The summed E-state index contributed by atoms with van der Waals surface area (Å²) in [4.78, 5) is 28.9. The van der Waals surface area contributed by atoms with Crippen molar-refractivity contribution in [3.8, 4) is 0 Å². The standard InChI is InChI=1S/C17H20ClN3O2/c1-11-4-2-3-5-14(11)20-16(22)9-21-10-19-15-7-6-12(18)8-13(15)17(21)23/h6-8,10-11,14H,2-5,9H2,1H3,(H,20,22)/t11-,14-/m0/s1. The van der Waals surface area contributed by atoms with Crippen molar-refractivity contribution in [1.82, 2.24) is 14.9 Å². The molecule has 2 aromatic rings. The van der Waals surface area contributed by atoms with Gasteiger partial charge >= 0.3 is 0 Å². The highest BCUT2D eigenvalue weighted by molar-refractivity contribution is 6.31. The Balaban J connectivity index is 1.77. The number of carbonyl (C=O) groups excluding carboxylic acids is 1. The van der Waals surface area contributed by atoms with Crippen LogP contribution in [0.25, 0.3) is 10.9 Å². The van der Waals surface area contributed by atoms with Crippen molar-refractivity contribution >= 4 is 28.4 Å². The molecule has 1 aromatic heterocycles. The van der Waals surface area contributed by atoms with E-state index in [0.717, 1.165) is 19.3 Å². The van der Waals surface area contributed by atoms with Gasteiger partial charge in [0.25, 0.3) is 5.56 Å². The largest absolute Gasteiger partial charge is 0.352 e. The van der Waals surface area contributed by atoms with E-state index in [0.29, 0.717) is 21.8 Å². The third-order valence-electron chi connectivity index (χ3n) is 4.56. The Morgan fingerprint density at radius 2 is 2.17 bits per heavy atom. The Morgan fingerprint density at radius 1 is 1.39 bits per heavy atom. The van der Waals surface area contributed by atoms with Gasteiger partial charge in [0, 0.05) is 11.1 Å². The van der Waals surface area contributed by atoms with Crippen molar-refractivity contribution in [2.45, 2.75) is 45.2 Å². The summed E-state index contributed by atoms with van der Waals surface area (Å²) >= 11 is 5.94. The number of hydrogen-bond donors (Lipinski definition) is 1. The molecule has 1 saturated carbocycles. The number of benzene rings is 1. The number of carbonyl (C=O) groups is 1. The molecule has 1 aliphatic carbocycles. The smallest absolute Gasteiger partial charge is 0.261 e. The van der Waals surface area contributed by atoms with E-state index >= 15 is 0 Å². The second-order valence-electron chi connectivity index (χ2n) is 6.27. The molecule has 0 radical (unpaired) electrons. The van der Waals surface area contributed by atoms with E-state index in [1.54, 1.807) is 18.2 Å². The van der Waals surface area contributed by atoms with Crippen LogP contribution in [-0.4, -0.2) is 21.5 Å². The Kier molecular flexibility index (Phi) is 4.66. The number of aromatic nitrogens is 2. The van der Waals surface area contributed by atoms with Crippen LogP contribution in [-0.2, 0) is 11.3 Å². The lowest BCUT2D eigenvalue weighted by Gasteiger charge is -2.29.